The lowest BCUT2D eigenvalue weighted by Gasteiger charge is -2.12. The maximum absolute atomic E-state index is 14.3. The minimum atomic E-state index is -0.579. The van der Waals surface area contributed by atoms with E-state index in [-0.39, 0.29) is 17.9 Å². The molecule has 1 aromatic carbocycles. The fourth-order valence-corrected chi connectivity index (χ4v) is 2.99. The van der Waals surface area contributed by atoms with Crippen LogP contribution in [0.25, 0.3) is 0 Å². The number of nitrogens with zero attached hydrogens (tertiary/aromatic N) is 3. The van der Waals surface area contributed by atoms with Gasteiger partial charge in [0.1, 0.15) is 6.10 Å². The van der Waals surface area contributed by atoms with Crippen molar-refractivity contribution < 1.29 is 13.9 Å². The van der Waals surface area contributed by atoms with Crippen molar-refractivity contribution in [1.82, 2.24) is 15.0 Å². The number of anilines is 5. The highest BCUT2D eigenvalue weighted by Crippen LogP contribution is 2.24. The van der Waals surface area contributed by atoms with Gasteiger partial charge in [-0.15, -0.1) is 0 Å². The molecule has 0 amide bonds. The molecule has 2 aromatic heterocycles. The molecule has 8 nitrogen and oxygen atoms in total. The van der Waals surface area contributed by atoms with Crippen LogP contribution in [0, 0.1) is 5.82 Å². The maximum Gasteiger partial charge on any atom is 0.229 e. The number of benzene rings is 1. The first-order valence-electron chi connectivity index (χ1n) is 10.0. The van der Waals surface area contributed by atoms with E-state index in [0.717, 1.165) is 18.3 Å². The first kappa shape index (κ1) is 21.3. The second-order valence-electron chi connectivity index (χ2n) is 7.06. The molecule has 32 heavy (non-hydrogen) atoms. The van der Waals surface area contributed by atoms with Gasteiger partial charge in [0.25, 0.3) is 0 Å². The van der Waals surface area contributed by atoms with E-state index in [0.29, 0.717) is 36.2 Å². The van der Waals surface area contributed by atoms with Gasteiger partial charge < -0.3 is 25.4 Å². The molecule has 0 bridgehead atoms. The van der Waals surface area contributed by atoms with Crippen LogP contribution in [0.5, 0.6) is 5.88 Å². The number of pyridine rings is 1. The lowest BCUT2D eigenvalue weighted by atomic mass is 10.2. The zero-order chi connectivity index (χ0) is 22.3. The summed E-state index contributed by atoms with van der Waals surface area (Å²) in [5.41, 5.74) is 2.73. The van der Waals surface area contributed by atoms with Crippen LogP contribution in [0.2, 0.25) is 0 Å². The molecule has 9 heteroatoms. The third kappa shape index (κ3) is 5.58. The number of hydrogen-bond acceptors (Lipinski definition) is 8. The summed E-state index contributed by atoms with van der Waals surface area (Å²) in [6.07, 6.45) is 5.19. The maximum atomic E-state index is 14.3. The van der Waals surface area contributed by atoms with Gasteiger partial charge in [0.15, 0.2) is 11.6 Å². The molecule has 1 fully saturated rings. The molecule has 0 spiro atoms. The number of ether oxygens (including phenoxy) is 2. The van der Waals surface area contributed by atoms with Crippen LogP contribution >= 0.6 is 0 Å². The third-order valence-corrected chi connectivity index (χ3v) is 4.59. The molecule has 0 radical (unpaired) electrons. The summed E-state index contributed by atoms with van der Waals surface area (Å²) >= 11 is 0. The highest BCUT2D eigenvalue weighted by atomic mass is 19.1. The number of nitrogens with one attached hydrogen (secondary N) is 3. The Morgan fingerprint density at radius 3 is 2.75 bits per heavy atom. The van der Waals surface area contributed by atoms with E-state index in [1.807, 2.05) is 12.1 Å². The van der Waals surface area contributed by atoms with E-state index < -0.39 is 5.82 Å². The monoisotopic (exact) mass is 434 g/mol. The van der Waals surface area contributed by atoms with Crippen molar-refractivity contribution >= 4 is 28.8 Å². The van der Waals surface area contributed by atoms with E-state index in [2.05, 4.69) is 44.1 Å². The highest BCUT2D eigenvalue weighted by Gasteiger charge is 2.17. The second kappa shape index (κ2) is 9.88. The van der Waals surface area contributed by atoms with Gasteiger partial charge in [0.05, 0.1) is 31.3 Å². The fraction of sp³-hybridized carbons (Fsp3) is 0.174. The largest absolute Gasteiger partial charge is 0.472 e. The quantitative estimate of drug-likeness (QED) is 0.415. The number of halogens is 1. The van der Waals surface area contributed by atoms with Crippen molar-refractivity contribution in [3.63, 3.8) is 0 Å². The third-order valence-electron chi connectivity index (χ3n) is 4.59. The number of rotatable bonds is 9. The number of allylic oxidation sites excluding steroid dienone is 1. The first-order valence-corrected chi connectivity index (χ1v) is 10.0. The van der Waals surface area contributed by atoms with Crippen molar-refractivity contribution in [3.05, 3.63) is 79.5 Å². The highest BCUT2D eigenvalue weighted by molar-refractivity contribution is 5.65. The molecule has 0 unspecified atom stereocenters. The van der Waals surface area contributed by atoms with E-state index in [1.165, 1.54) is 0 Å². The van der Waals surface area contributed by atoms with Gasteiger partial charge in [-0.2, -0.15) is 4.98 Å². The van der Waals surface area contributed by atoms with Gasteiger partial charge in [-0.05, 0) is 30.3 Å². The van der Waals surface area contributed by atoms with Crippen LogP contribution < -0.4 is 20.7 Å². The Balaban J connectivity index is 1.43. The van der Waals surface area contributed by atoms with E-state index in [4.69, 9.17) is 9.47 Å². The summed E-state index contributed by atoms with van der Waals surface area (Å²) in [5, 5.41) is 9.07. The standard InChI is InChI=1S/C23H23FN6O2/c1-3-15(2)27-16-5-4-6-17(11-16)28-22-20(24)13-26-23(30-22)29-18-7-8-21(25-12-18)32-19-9-10-31-14-19/h3-8,11-13,19,27H,1-2,9-10,14H2,(H2,26,28,29,30)/t19-/m1/s1. The van der Waals surface area contributed by atoms with Crippen LogP contribution in [0.15, 0.2) is 73.7 Å². The SMILES string of the molecule is C=CC(=C)Nc1cccc(Nc2nc(Nc3ccc(O[C@@H]4CCOC4)nc3)ncc2F)c1. The first-order chi connectivity index (χ1) is 15.6. The van der Waals surface area contributed by atoms with Gasteiger partial charge in [0, 0.05) is 29.6 Å². The van der Waals surface area contributed by atoms with Gasteiger partial charge in [-0.1, -0.05) is 19.2 Å². The summed E-state index contributed by atoms with van der Waals surface area (Å²) in [5.74, 6) is 0.199. The van der Waals surface area contributed by atoms with Crippen molar-refractivity contribution in [2.75, 3.05) is 29.2 Å². The Kier molecular flexibility index (Phi) is 6.57. The van der Waals surface area contributed by atoms with Gasteiger partial charge in [0.2, 0.25) is 11.8 Å². The second-order valence-corrected chi connectivity index (χ2v) is 7.06. The lowest BCUT2D eigenvalue weighted by Crippen LogP contribution is -2.16. The van der Waals surface area contributed by atoms with Crippen LogP contribution in [0.4, 0.5) is 33.2 Å². The molecule has 3 aromatic rings. The molecule has 1 aliphatic heterocycles. The van der Waals surface area contributed by atoms with Crippen molar-refractivity contribution in [1.29, 1.82) is 0 Å². The van der Waals surface area contributed by atoms with E-state index >= 15 is 0 Å². The molecule has 164 valence electrons. The van der Waals surface area contributed by atoms with Gasteiger partial charge in [-0.25, -0.2) is 14.4 Å². The Morgan fingerprint density at radius 1 is 1.12 bits per heavy atom. The molecule has 4 rings (SSSR count). The van der Waals surface area contributed by atoms with Crippen LogP contribution in [0.1, 0.15) is 6.42 Å². The zero-order valence-electron chi connectivity index (χ0n) is 17.3. The Bertz CT molecular complexity index is 1100. The number of aromatic nitrogens is 3. The normalized spacial score (nSPS) is 15.1. The average molecular weight is 434 g/mol. The summed E-state index contributed by atoms with van der Waals surface area (Å²) < 4.78 is 25.4. The smallest absolute Gasteiger partial charge is 0.229 e. The minimum absolute atomic E-state index is 0.0268. The van der Waals surface area contributed by atoms with Crippen molar-refractivity contribution in [2.45, 2.75) is 12.5 Å². The Labute approximate surface area is 185 Å². The molecule has 1 saturated heterocycles. The van der Waals surface area contributed by atoms with Crippen molar-refractivity contribution in [3.8, 4) is 5.88 Å². The summed E-state index contributed by atoms with van der Waals surface area (Å²) in [7, 11) is 0. The molecular weight excluding hydrogens is 411 g/mol. The molecule has 1 aliphatic rings. The van der Waals surface area contributed by atoms with Crippen LogP contribution in [-0.2, 0) is 4.74 Å². The van der Waals surface area contributed by atoms with Gasteiger partial charge >= 0.3 is 0 Å². The van der Waals surface area contributed by atoms with Crippen molar-refractivity contribution in [2.24, 2.45) is 0 Å². The fourth-order valence-electron chi connectivity index (χ4n) is 2.99. The molecule has 3 N–H and O–H groups in total. The van der Waals surface area contributed by atoms with Crippen LogP contribution in [-0.4, -0.2) is 34.3 Å². The topological polar surface area (TPSA) is 93.2 Å². The molecule has 0 saturated carbocycles. The summed E-state index contributed by atoms with van der Waals surface area (Å²) in [4.78, 5) is 12.5. The van der Waals surface area contributed by atoms with E-state index in [1.54, 1.807) is 36.5 Å². The lowest BCUT2D eigenvalue weighted by molar-refractivity contribution is 0.138. The summed E-state index contributed by atoms with van der Waals surface area (Å²) in [6.45, 7) is 8.76. The molecule has 3 heterocycles. The summed E-state index contributed by atoms with van der Waals surface area (Å²) in [6, 6.07) is 10.8. The molecule has 1 atom stereocenters. The zero-order valence-corrected chi connectivity index (χ0v) is 17.3. The Morgan fingerprint density at radius 2 is 2.00 bits per heavy atom. The molecular formula is C23H23FN6O2. The predicted octanol–water partition coefficient (Wildman–Crippen LogP) is 4.78. The van der Waals surface area contributed by atoms with Crippen LogP contribution in [0.3, 0.4) is 0 Å². The number of hydrogen-bond donors (Lipinski definition) is 3. The van der Waals surface area contributed by atoms with Gasteiger partial charge in [-0.3, -0.25) is 0 Å². The minimum Gasteiger partial charge on any atom is -0.472 e. The average Bonchev–Trinajstić information content (AvgIpc) is 3.31. The Hall–Kier alpha value is -3.98. The van der Waals surface area contributed by atoms with E-state index in [9.17, 15) is 4.39 Å². The predicted molar refractivity (Wildman–Crippen MR) is 122 cm³/mol. The molecule has 0 aliphatic carbocycles.